The SMILES string of the molecule is COc1ccc(CNc2nc3c(F)cc(F)cc3c3nc([C@@H]4CC[C@H](C)N(C(=O)c5cc(C)c(C=O)cn5)C4)nn23)c(OC)c1. The van der Waals surface area contributed by atoms with Crippen LogP contribution < -0.4 is 14.8 Å². The molecule has 1 aliphatic heterocycles. The van der Waals surface area contributed by atoms with E-state index >= 15 is 4.39 Å². The van der Waals surface area contributed by atoms with Crippen LogP contribution in [0.15, 0.2) is 42.6 Å². The lowest BCUT2D eigenvalue weighted by Crippen LogP contribution is -2.45. The fraction of sp³-hybridized carbons (Fsp3) is 0.312. The van der Waals surface area contributed by atoms with Crippen LogP contribution >= 0.6 is 0 Å². The highest BCUT2D eigenvalue weighted by Gasteiger charge is 2.33. The first-order chi connectivity index (χ1) is 21.7. The van der Waals surface area contributed by atoms with Crippen molar-refractivity contribution in [3.05, 3.63) is 82.4 Å². The summed E-state index contributed by atoms with van der Waals surface area (Å²) in [6.07, 6.45) is 3.48. The van der Waals surface area contributed by atoms with E-state index in [0.29, 0.717) is 54.1 Å². The highest BCUT2D eigenvalue weighted by molar-refractivity contribution is 5.94. The molecule has 1 fully saturated rings. The number of likely N-dealkylation sites (tertiary alicyclic amines) is 1. The van der Waals surface area contributed by atoms with Crippen LogP contribution in [0.3, 0.4) is 0 Å². The van der Waals surface area contributed by atoms with Crippen molar-refractivity contribution in [2.75, 3.05) is 26.1 Å². The lowest BCUT2D eigenvalue weighted by atomic mass is 9.92. The first-order valence-electron chi connectivity index (χ1n) is 14.4. The topological polar surface area (TPSA) is 124 Å². The molecule has 2 atom stereocenters. The molecule has 6 rings (SSSR count). The Morgan fingerprint density at radius 3 is 2.67 bits per heavy atom. The number of piperidine rings is 1. The van der Waals surface area contributed by atoms with Gasteiger partial charge in [0.2, 0.25) is 5.95 Å². The molecule has 1 N–H and O–H groups in total. The number of nitrogens with one attached hydrogen (secondary N) is 1. The highest BCUT2D eigenvalue weighted by atomic mass is 19.1. The number of nitrogens with zero attached hydrogens (tertiary/aromatic N) is 6. The number of ether oxygens (including phenoxy) is 2. The van der Waals surface area contributed by atoms with Crippen LogP contribution in [0.4, 0.5) is 14.7 Å². The number of aromatic nitrogens is 5. The summed E-state index contributed by atoms with van der Waals surface area (Å²) in [5, 5.41) is 8.13. The molecule has 11 nitrogen and oxygen atoms in total. The Balaban J connectivity index is 1.36. The van der Waals surface area contributed by atoms with Crippen LogP contribution in [-0.2, 0) is 6.54 Å². The molecule has 1 saturated heterocycles. The van der Waals surface area contributed by atoms with Gasteiger partial charge in [0.1, 0.15) is 28.5 Å². The number of fused-ring (bicyclic) bond motifs is 3. The zero-order valence-electron chi connectivity index (χ0n) is 25.2. The van der Waals surface area contributed by atoms with E-state index in [-0.39, 0.29) is 52.6 Å². The summed E-state index contributed by atoms with van der Waals surface area (Å²) in [5.74, 6) is -0.275. The summed E-state index contributed by atoms with van der Waals surface area (Å²) in [7, 11) is 3.11. The van der Waals surface area contributed by atoms with Crippen LogP contribution in [0.2, 0.25) is 0 Å². The maximum Gasteiger partial charge on any atom is 0.272 e. The molecular formula is C32H31F2N7O4. The highest BCUT2D eigenvalue weighted by Crippen LogP contribution is 2.32. The molecule has 1 amide bonds. The van der Waals surface area contributed by atoms with Crippen molar-refractivity contribution in [3.63, 3.8) is 0 Å². The van der Waals surface area contributed by atoms with Crippen molar-refractivity contribution in [2.24, 2.45) is 0 Å². The van der Waals surface area contributed by atoms with E-state index in [0.717, 1.165) is 11.6 Å². The minimum absolute atomic E-state index is 0.0543. The average Bonchev–Trinajstić information content (AvgIpc) is 3.50. The van der Waals surface area contributed by atoms with Gasteiger partial charge in [0, 0.05) is 54.5 Å². The summed E-state index contributed by atoms with van der Waals surface area (Å²) in [5.41, 5.74) is 2.30. The zero-order chi connectivity index (χ0) is 31.8. The molecule has 0 saturated carbocycles. The van der Waals surface area contributed by atoms with Gasteiger partial charge in [0.25, 0.3) is 5.91 Å². The van der Waals surface area contributed by atoms with Crippen LogP contribution in [0, 0.1) is 18.6 Å². The Hall–Kier alpha value is -5.20. The van der Waals surface area contributed by atoms with E-state index in [1.54, 1.807) is 44.2 Å². The van der Waals surface area contributed by atoms with Crippen molar-refractivity contribution in [3.8, 4) is 11.5 Å². The number of rotatable bonds is 8. The van der Waals surface area contributed by atoms with Gasteiger partial charge in [0.05, 0.1) is 19.6 Å². The van der Waals surface area contributed by atoms with Crippen molar-refractivity contribution < 1.29 is 27.8 Å². The number of pyridine rings is 1. The van der Waals surface area contributed by atoms with Crippen LogP contribution in [0.25, 0.3) is 16.6 Å². The predicted molar refractivity (Wildman–Crippen MR) is 162 cm³/mol. The number of carbonyl (C=O) groups excluding carboxylic acids is 2. The molecule has 3 aromatic heterocycles. The smallest absolute Gasteiger partial charge is 0.272 e. The van der Waals surface area contributed by atoms with Gasteiger partial charge < -0.3 is 19.7 Å². The number of halogens is 2. The lowest BCUT2D eigenvalue weighted by Gasteiger charge is -2.37. The lowest BCUT2D eigenvalue weighted by molar-refractivity contribution is 0.0599. The van der Waals surface area contributed by atoms with Crippen LogP contribution in [0.5, 0.6) is 11.5 Å². The quantitative estimate of drug-likeness (QED) is 0.237. The van der Waals surface area contributed by atoms with Crippen molar-refractivity contribution in [1.29, 1.82) is 0 Å². The van der Waals surface area contributed by atoms with E-state index in [2.05, 4.69) is 15.3 Å². The van der Waals surface area contributed by atoms with E-state index in [1.807, 2.05) is 13.0 Å². The summed E-state index contributed by atoms with van der Waals surface area (Å²) >= 11 is 0. The number of aryl methyl sites for hydroxylation is 1. The molecule has 4 heterocycles. The summed E-state index contributed by atoms with van der Waals surface area (Å²) < 4.78 is 41.6. The fourth-order valence-electron chi connectivity index (χ4n) is 5.67. The molecule has 1 aliphatic rings. The molecule has 0 bridgehead atoms. The first-order valence-corrected chi connectivity index (χ1v) is 14.4. The van der Waals surface area contributed by atoms with Crippen LogP contribution in [-0.4, -0.2) is 68.5 Å². The van der Waals surface area contributed by atoms with Gasteiger partial charge in [0.15, 0.2) is 23.6 Å². The molecule has 13 heteroatoms. The Morgan fingerprint density at radius 1 is 1.11 bits per heavy atom. The maximum atomic E-state index is 15.0. The molecule has 0 unspecified atom stereocenters. The Bertz CT molecular complexity index is 1950. The summed E-state index contributed by atoms with van der Waals surface area (Å²) in [6.45, 7) is 4.28. The number of methoxy groups -OCH3 is 2. The van der Waals surface area contributed by atoms with Crippen molar-refractivity contribution >= 4 is 34.7 Å². The van der Waals surface area contributed by atoms with Crippen molar-refractivity contribution in [2.45, 2.75) is 45.2 Å². The second kappa shape index (κ2) is 12.1. The summed E-state index contributed by atoms with van der Waals surface area (Å²) in [4.78, 5) is 39.9. The predicted octanol–water partition coefficient (Wildman–Crippen LogP) is 5.11. The van der Waals surface area contributed by atoms with Gasteiger partial charge in [-0.25, -0.2) is 18.7 Å². The molecule has 45 heavy (non-hydrogen) atoms. The monoisotopic (exact) mass is 615 g/mol. The number of hydrogen-bond donors (Lipinski definition) is 1. The minimum Gasteiger partial charge on any atom is -0.497 e. The largest absolute Gasteiger partial charge is 0.497 e. The Labute approximate surface area is 257 Å². The molecule has 232 valence electrons. The number of benzene rings is 2. The van der Waals surface area contributed by atoms with Gasteiger partial charge in [-0.3, -0.25) is 14.6 Å². The van der Waals surface area contributed by atoms with Gasteiger partial charge in [-0.15, -0.1) is 5.10 Å². The maximum absolute atomic E-state index is 15.0. The number of carbonyl (C=O) groups is 2. The third-order valence-electron chi connectivity index (χ3n) is 8.25. The van der Waals surface area contributed by atoms with Gasteiger partial charge in [-0.1, -0.05) is 0 Å². The van der Waals surface area contributed by atoms with Crippen LogP contribution in [0.1, 0.15) is 63.5 Å². The number of aldehydes is 1. The standard InChI is InChI=1S/C32H31F2N7O4/c1-17-9-26(35-14-21(17)16-42)31(43)40-15-20(6-5-18(40)2)29-38-30-24-10-22(33)11-25(34)28(24)37-32(41(30)39-29)36-13-19-7-8-23(44-3)12-27(19)45-4/h7-12,14,16,18,20H,5-6,13,15H2,1-4H3,(H,36,37)/t18-,20+/m0/s1. The van der Waals surface area contributed by atoms with Crippen molar-refractivity contribution in [1.82, 2.24) is 29.5 Å². The summed E-state index contributed by atoms with van der Waals surface area (Å²) in [6, 6.07) is 8.89. The third-order valence-corrected chi connectivity index (χ3v) is 8.25. The van der Waals surface area contributed by atoms with Gasteiger partial charge in [-0.05, 0) is 56.5 Å². The number of hydrogen-bond acceptors (Lipinski definition) is 9. The van der Waals surface area contributed by atoms with Gasteiger partial charge in [-0.2, -0.15) is 4.52 Å². The van der Waals surface area contributed by atoms with E-state index in [9.17, 15) is 14.0 Å². The molecule has 5 aromatic rings. The van der Waals surface area contributed by atoms with E-state index in [1.165, 1.54) is 16.8 Å². The second-order valence-corrected chi connectivity index (χ2v) is 11.1. The molecule has 0 aliphatic carbocycles. The number of anilines is 1. The minimum atomic E-state index is -0.825. The Kier molecular flexibility index (Phi) is 8.00. The fourth-order valence-corrected chi connectivity index (χ4v) is 5.67. The van der Waals surface area contributed by atoms with E-state index in [4.69, 9.17) is 19.6 Å². The zero-order valence-corrected chi connectivity index (χ0v) is 25.2. The molecule has 2 aromatic carbocycles. The first kappa shape index (κ1) is 29.9. The Morgan fingerprint density at radius 2 is 1.93 bits per heavy atom. The number of amides is 1. The molecule has 0 spiro atoms. The third kappa shape index (κ3) is 5.61. The second-order valence-electron chi connectivity index (χ2n) is 11.1. The van der Waals surface area contributed by atoms with Gasteiger partial charge >= 0.3 is 0 Å². The molecular weight excluding hydrogens is 584 g/mol. The average molecular weight is 616 g/mol. The molecule has 0 radical (unpaired) electrons. The normalized spacial score (nSPS) is 16.6. The van der Waals surface area contributed by atoms with E-state index < -0.39 is 11.6 Å².